The summed E-state index contributed by atoms with van der Waals surface area (Å²) < 4.78 is 5.65. The molecule has 1 N–H and O–H groups in total. The third kappa shape index (κ3) is 2.62. The van der Waals surface area contributed by atoms with Crippen molar-refractivity contribution < 1.29 is 14.6 Å². The van der Waals surface area contributed by atoms with Crippen LogP contribution in [0, 0.1) is 41.4 Å². The number of fused-ring (bicyclic) bond motifs is 4. The minimum atomic E-state index is -0.00422. The van der Waals surface area contributed by atoms with Crippen LogP contribution in [0.4, 0.5) is 0 Å². The van der Waals surface area contributed by atoms with Crippen LogP contribution < -0.4 is 0 Å². The third-order valence-corrected chi connectivity index (χ3v) is 6.56. The molecular weight excluding hydrogens is 276 g/mol. The minimum absolute atomic E-state index is 0.00422. The smallest absolute Gasteiger partial charge is 0.309 e. The summed E-state index contributed by atoms with van der Waals surface area (Å²) in [6.07, 6.45) is 5.64. The van der Waals surface area contributed by atoms with Crippen molar-refractivity contribution in [3.63, 3.8) is 0 Å². The van der Waals surface area contributed by atoms with Gasteiger partial charge < -0.3 is 9.84 Å². The second kappa shape index (κ2) is 5.99. The van der Waals surface area contributed by atoms with Gasteiger partial charge in [0.05, 0.1) is 5.92 Å². The number of hydrogen-bond donors (Lipinski definition) is 1. The summed E-state index contributed by atoms with van der Waals surface area (Å²) in [5, 5.41) is 9.92. The highest BCUT2D eigenvalue weighted by molar-refractivity contribution is 5.73. The van der Waals surface area contributed by atoms with E-state index < -0.39 is 0 Å². The van der Waals surface area contributed by atoms with Gasteiger partial charge in [-0.3, -0.25) is 4.79 Å². The lowest BCUT2D eigenvalue weighted by atomic mass is 9.55. The highest BCUT2D eigenvalue weighted by Gasteiger charge is 2.51. The van der Waals surface area contributed by atoms with Gasteiger partial charge in [0.25, 0.3) is 0 Å². The van der Waals surface area contributed by atoms with Gasteiger partial charge in [-0.15, -0.1) is 0 Å². The Morgan fingerprint density at radius 2 is 2.00 bits per heavy atom. The number of esters is 1. The maximum Gasteiger partial charge on any atom is 0.309 e. The molecule has 2 aliphatic carbocycles. The topological polar surface area (TPSA) is 46.5 Å². The average Bonchev–Trinajstić information content (AvgIpc) is 2.45. The second-order valence-electron chi connectivity index (χ2n) is 8.20. The van der Waals surface area contributed by atoms with Gasteiger partial charge in [0, 0.05) is 6.61 Å². The molecule has 0 radical (unpaired) electrons. The Morgan fingerprint density at radius 3 is 2.64 bits per heavy atom. The summed E-state index contributed by atoms with van der Waals surface area (Å²) >= 11 is 0. The lowest BCUT2D eigenvalue weighted by Gasteiger charge is -2.52. The number of hydrogen-bond acceptors (Lipinski definition) is 3. The van der Waals surface area contributed by atoms with Crippen LogP contribution in [-0.4, -0.2) is 23.8 Å². The van der Waals surface area contributed by atoms with E-state index in [4.69, 9.17) is 4.74 Å². The molecule has 0 aromatic carbocycles. The van der Waals surface area contributed by atoms with E-state index in [9.17, 15) is 9.90 Å². The van der Waals surface area contributed by atoms with Crippen LogP contribution in [0.3, 0.4) is 0 Å². The summed E-state index contributed by atoms with van der Waals surface area (Å²) in [5.74, 6) is 2.84. The first kappa shape index (κ1) is 16.0. The van der Waals surface area contributed by atoms with Crippen LogP contribution in [0.2, 0.25) is 0 Å². The molecule has 3 nitrogen and oxygen atoms in total. The number of allylic oxidation sites excluding steroid dienone is 2. The van der Waals surface area contributed by atoms with Crippen LogP contribution in [0.1, 0.15) is 47.0 Å². The molecule has 0 aromatic heterocycles. The van der Waals surface area contributed by atoms with Crippen molar-refractivity contribution in [2.24, 2.45) is 41.4 Å². The van der Waals surface area contributed by atoms with Crippen molar-refractivity contribution in [3.05, 3.63) is 11.6 Å². The summed E-state index contributed by atoms with van der Waals surface area (Å²) in [5.41, 5.74) is 1.44. The average molecular weight is 306 g/mol. The predicted octanol–water partition coefficient (Wildman–Crippen LogP) is 3.42. The normalized spacial score (nSPS) is 42.5. The van der Waals surface area contributed by atoms with Crippen molar-refractivity contribution >= 4 is 5.97 Å². The fourth-order valence-electron chi connectivity index (χ4n) is 5.35. The molecule has 0 unspecified atom stereocenters. The van der Waals surface area contributed by atoms with E-state index in [1.165, 1.54) is 5.57 Å². The maximum absolute atomic E-state index is 12.1. The largest absolute Gasteiger partial charge is 0.462 e. The number of aliphatic hydroxyl groups is 1. The highest BCUT2D eigenvalue weighted by atomic mass is 16.5. The first-order valence-electron chi connectivity index (χ1n) is 8.91. The number of rotatable bonds is 3. The van der Waals surface area contributed by atoms with E-state index in [1.807, 2.05) is 6.92 Å². The molecule has 1 saturated heterocycles. The number of ether oxygens (including phenoxy) is 1. The molecule has 0 amide bonds. The third-order valence-electron chi connectivity index (χ3n) is 6.56. The Morgan fingerprint density at radius 1 is 1.32 bits per heavy atom. The molecular formula is C19H30O3. The summed E-state index contributed by atoms with van der Waals surface area (Å²) in [6, 6.07) is 0. The molecule has 1 saturated carbocycles. The zero-order valence-corrected chi connectivity index (χ0v) is 14.3. The molecule has 1 heterocycles. The number of carbonyl (C=O) groups is 1. The van der Waals surface area contributed by atoms with E-state index in [1.54, 1.807) is 0 Å². The molecule has 0 spiro atoms. The predicted molar refractivity (Wildman–Crippen MR) is 86.0 cm³/mol. The second-order valence-corrected chi connectivity index (χ2v) is 8.20. The molecule has 2 bridgehead atoms. The molecule has 2 fully saturated rings. The van der Waals surface area contributed by atoms with E-state index in [0.717, 1.165) is 19.3 Å². The van der Waals surface area contributed by atoms with Gasteiger partial charge in [-0.1, -0.05) is 32.4 Å². The standard InChI is InChI=1S/C19H30O3/c1-10(2)18(9-20)16-6-11(3)5-15-14-7-13(8-17(15)16)22-19(21)12(14)4/h5,10,12-18,20H,6-9H2,1-4H3/t12-,13-,14-,15+,16+,17-,18+/m0/s1. The number of carbonyl (C=O) groups excluding carboxylic acids is 1. The SMILES string of the molecule is CC1=C[C@@H]2[C@H]3C[C@@H](C[C@@H]2[C@H]([C@H](CO)C(C)C)C1)OC(=O)[C@H]3C. The van der Waals surface area contributed by atoms with E-state index in [0.29, 0.717) is 35.5 Å². The number of aliphatic hydroxyl groups excluding tert-OH is 1. The minimum Gasteiger partial charge on any atom is -0.462 e. The summed E-state index contributed by atoms with van der Waals surface area (Å²) in [4.78, 5) is 12.1. The molecule has 3 heteroatoms. The molecule has 3 rings (SSSR count). The van der Waals surface area contributed by atoms with Crippen molar-refractivity contribution in [2.75, 3.05) is 6.61 Å². The molecule has 0 aromatic rings. The van der Waals surface area contributed by atoms with Crippen molar-refractivity contribution in [3.8, 4) is 0 Å². The van der Waals surface area contributed by atoms with E-state index >= 15 is 0 Å². The van der Waals surface area contributed by atoms with Gasteiger partial charge in [-0.2, -0.15) is 0 Å². The van der Waals surface area contributed by atoms with Gasteiger partial charge in [0.15, 0.2) is 0 Å². The van der Waals surface area contributed by atoms with Crippen molar-refractivity contribution in [1.29, 1.82) is 0 Å². The monoisotopic (exact) mass is 306 g/mol. The quantitative estimate of drug-likeness (QED) is 0.642. The van der Waals surface area contributed by atoms with Gasteiger partial charge in [-0.25, -0.2) is 0 Å². The van der Waals surface area contributed by atoms with Crippen LogP contribution in [0.15, 0.2) is 11.6 Å². The maximum atomic E-state index is 12.1. The fraction of sp³-hybridized carbons (Fsp3) is 0.842. The zero-order valence-electron chi connectivity index (χ0n) is 14.3. The Labute approximate surface area is 134 Å². The zero-order chi connectivity index (χ0) is 16.0. The Kier molecular flexibility index (Phi) is 4.37. The molecule has 7 atom stereocenters. The molecule has 3 aliphatic rings. The lowest BCUT2D eigenvalue weighted by molar-refractivity contribution is -0.176. The highest BCUT2D eigenvalue weighted by Crippen LogP contribution is 2.53. The first-order valence-corrected chi connectivity index (χ1v) is 8.91. The Bertz CT molecular complexity index is 467. The summed E-state index contributed by atoms with van der Waals surface area (Å²) in [7, 11) is 0. The summed E-state index contributed by atoms with van der Waals surface area (Å²) in [6.45, 7) is 8.95. The molecule has 1 aliphatic heterocycles. The fourth-order valence-corrected chi connectivity index (χ4v) is 5.35. The lowest BCUT2D eigenvalue weighted by Crippen LogP contribution is -2.51. The van der Waals surface area contributed by atoms with Gasteiger partial charge in [0.1, 0.15) is 6.10 Å². The van der Waals surface area contributed by atoms with Crippen LogP contribution >= 0.6 is 0 Å². The van der Waals surface area contributed by atoms with Gasteiger partial charge in [-0.05, 0) is 61.7 Å². The van der Waals surface area contributed by atoms with Crippen molar-refractivity contribution in [1.82, 2.24) is 0 Å². The Hall–Kier alpha value is -0.830. The Balaban J connectivity index is 1.92. The van der Waals surface area contributed by atoms with E-state index in [-0.39, 0.29) is 24.6 Å². The molecule has 22 heavy (non-hydrogen) atoms. The van der Waals surface area contributed by atoms with Crippen molar-refractivity contribution in [2.45, 2.75) is 53.1 Å². The van der Waals surface area contributed by atoms with Crippen LogP contribution in [0.5, 0.6) is 0 Å². The van der Waals surface area contributed by atoms with Gasteiger partial charge >= 0.3 is 5.97 Å². The molecule has 124 valence electrons. The van der Waals surface area contributed by atoms with Crippen LogP contribution in [0.25, 0.3) is 0 Å². The van der Waals surface area contributed by atoms with E-state index in [2.05, 4.69) is 26.8 Å². The van der Waals surface area contributed by atoms with Gasteiger partial charge in [0.2, 0.25) is 0 Å². The van der Waals surface area contributed by atoms with Crippen LogP contribution in [-0.2, 0) is 9.53 Å². The first-order chi connectivity index (χ1) is 10.4.